The lowest BCUT2D eigenvalue weighted by molar-refractivity contribution is -0.121. The van der Waals surface area contributed by atoms with Crippen LogP contribution < -0.4 is 10.6 Å². The van der Waals surface area contributed by atoms with Gasteiger partial charge in [-0.2, -0.15) is 0 Å². The second-order valence-corrected chi connectivity index (χ2v) is 4.47. The lowest BCUT2D eigenvalue weighted by Crippen LogP contribution is -2.37. The molecule has 4 nitrogen and oxygen atoms in total. The zero-order chi connectivity index (χ0) is 10.7. The van der Waals surface area contributed by atoms with Crippen molar-refractivity contribution in [2.24, 2.45) is 11.8 Å². The number of hydrogen-bond donors (Lipinski definition) is 2. The van der Waals surface area contributed by atoms with Gasteiger partial charge < -0.3 is 10.6 Å². The molecule has 2 unspecified atom stereocenters. The van der Waals surface area contributed by atoms with Gasteiger partial charge in [-0.3, -0.25) is 9.69 Å². The maximum Gasteiger partial charge on any atom is 0.234 e. The average molecular weight is 209 g/mol. The van der Waals surface area contributed by atoms with E-state index in [0.717, 1.165) is 38.0 Å². The third-order valence-corrected chi connectivity index (χ3v) is 3.28. The number of fused-ring (bicyclic) bond motifs is 1. The highest BCUT2D eigenvalue weighted by molar-refractivity contribution is 5.78. The summed E-state index contributed by atoms with van der Waals surface area (Å²) in [5.74, 6) is 1.64. The molecule has 2 N–H and O–H groups in total. The highest BCUT2D eigenvalue weighted by Gasteiger charge is 2.36. The van der Waals surface area contributed by atoms with Gasteiger partial charge >= 0.3 is 0 Å². The van der Waals surface area contributed by atoms with E-state index < -0.39 is 0 Å². The van der Waals surface area contributed by atoms with Gasteiger partial charge in [0.1, 0.15) is 0 Å². The molecule has 2 saturated heterocycles. The molecule has 0 aromatic carbocycles. The first-order valence-electron chi connectivity index (χ1n) is 5.60. The van der Waals surface area contributed by atoms with Gasteiger partial charge in [-0.1, -0.05) is 6.08 Å². The Bertz CT molecular complexity index is 242. The van der Waals surface area contributed by atoms with Crippen molar-refractivity contribution in [1.82, 2.24) is 15.5 Å². The number of amides is 1. The average Bonchev–Trinajstić information content (AvgIpc) is 2.74. The van der Waals surface area contributed by atoms with Crippen molar-refractivity contribution in [1.29, 1.82) is 0 Å². The largest absolute Gasteiger partial charge is 0.352 e. The Labute approximate surface area is 90.7 Å². The summed E-state index contributed by atoms with van der Waals surface area (Å²) < 4.78 is 0. The van der Waals surface area contributed by atoms with Crippen LogP contribution in [0, 0.1) is 11.8 Å². The van der Waals surface area contributed by atoms with Gasteiger partial charge in [-0.05, 0) is 24.9 Å². The van der Waals surface area contributed by atoms with E-state index in [9.17, 15) is 4.79 Å². The maximum absolute atomic E-state index is 11.5. The van der Waals surface area contributed by atoms with Gasteiger partial charge in [-0.15, -0.1) is 6.58 Å². The SMILES string of the molecule is C=CCNC(=O)CN1CC2CNCC2C1. The van der Waals surface area contributed by atoms with Crippen molar-refractivity contribution >= 4 is 5.91 Å². The van der Waals surface area contributed by atoms with Crippen LogP contribution in [0.4, 0.5) is 0 Å². The van der Waals surface area contributed by atoms with Crippen LogP contribution in [0.3, 0.4) is 0 Å². The molecule has 2 rings (SSSR count). The second kappa shape index (κ2) is 4.77. The number of likely N-dealkylation sites (tertiary alicyclic amines) is 1. The monoisotopic (exact) mass is 209 g/mol. The lowest BCUT2D eigenvalue weighted by Gasteiger charge is -2.15. The smallest absolute Gasteiger partial charge is 0.234 e. The van der Waals surface area contributed by atoms with Crippen LogP contribution in [0.2, 0.25) is 0 Å². The summed E-state index contributed by atoms with van der Waals surface area (Å²) in [6.45, 7) is 9.07. The van der Waals surface area contributed by atoms with Gasteiger partial charge in [0.25, 0.3) is 0 Å². The van der Waals surface area contributed by atoms with Crippen LogP contribution in [0.15, 0.2) is 12.7 Å². The summed E-state index contributed by atoms with van der Waals surface area (Å²) >= 11 is 0. The summed E-state index contributed by atoms with van der Waals surface area (Å²) in [5.41, 5.74) is 0. The van der Waals surface area contributed by atoms with E-state index in [2.05, 4.69) is 22.1 Å². The summed E-state index contributed by atoms with van der Waals surface area (Å²) in [6.07, 6.45) is 1.71. The van der Waals surface area contributed by atoms with E-state index in [1.54, 1.807) is 6.08 Å². The van der Waals surface area contributed by atoms with Crippen molar-refractivity contribution in [2.75, 3.05) is 39.3 Å². The first kappa shape index (κ1) is 10.6. The van der Waals surface area contributed by atoms with E-state index in [-0.39, 0.29) is 5.91 Å². The molecule has 84 valence electrons. The zero-order valence-corrected chi connectivity index (χ0v) is 9.04. The van der Waals surface area contributed by atoms with E-state index in [1.165, 1.54) is 0 Å². The molecule has 2 fully saturated rings. The van der Waals surface area contributed by atoms with Crippen LogP contribution in [-0.4, -0.2) is 50.1 Å². The Balaban J connectivity index is 1.72. The Kier molecular flexibility index (Phi) is 3.38. The quantitative estimate of drug-likeness (QED) is 0.610. The molecule has 2 aliphatic rings. The highest BCUT2D eigenvalue weighted by Crippen LogP contribution is 2.25. The fourth-order valence-corrected chi connectivity index (χ4v) is 2.53. The van der Waals surface area contributed by atoms with Gasteiger partial charge in [0.2, 0.25) is 5.91 Å². The van der Waals surface area contributed by atoms with Crippen molar-refractivity contribution < 1.29 is 4.79 Å². The molecular formula is C11H19N3O. The van der Waals surface area contributed by atoms with E-state index >= 15 is 0 Å². The van der Waals surface area contributed by atoms with Gasteiger partial charge in [0, 0.05) is 19.6 Å². The summed E-state index contributed by atoms with van der Waals surface area (Å²) in [7, 11) is 0. The maximum atomic E-state index is 11.5. The Morgan fingerprint density at radius 3 is 2.73 bits per heavy atom. The predicted octanol–water partition coefficient (Wildman–Crippen LogP) is -0.560. The Morgan fingerprint density at radius 2 is 2.13 bits per heavy atom. The first-order valence-corrected chi connectivity index (χ1v) is 5.60. The topological polar surface area (TPSA) is 44.4 Å². The number of carbonyl (C=O) groups is 1. The number of nitrogens with one attached hydrogen (secondary N) is 2. The highest BCUT2D eigenvalue weighted by atomic mass is 16.2. The fourth-order valence-electron chi connectivity index (χ4n) is 2.53. The molecule has 0 aromatic heterocycles. The molecule has 0 saturated carbocycles. The minimum absolute atomic E-state index is 0.114. The Morgan fingerprint density at radius 1 is 1.47 bits per heavy atom. The van der Waals surface area contributed by atoms with Crippen molar-refractivity contribution in [3.63, 3.8) is 0 Å². The van der Waals surface area contributed by atoms with Gasteiger partial charge in [0.05, 0.1) is 6.54 Å². The number of hydrogen-bond acceptors (Lipinski definition) is 3. The fraction of sp³-hybridized carbons (Fsp3) is 0.727. The molecule has 2 atom stereocenters. The summed E-state index contributed by atoms with van der Waals surface area (Å²) in [4.78, 5) is 13.7. The molecule has 2 heterocycles. The third-order valence-electron chi connectivity index (χ3n) is 3.28. The number of carbonyl (C=O) groups excluding carboxylic acids is 1. The Hall–Kier alpha value is -0.870. The van der Waals surface area contributed by atoms with Crippen LogP contribution >= 0.6 is 0 Å². The van der Waals surface area contributed by atoms with Crippen molar-refractivity contribution in [2.45, 2.75) is 0 Å². The number of nitrogens with zero attached hydrogens (tertiary/aromatic N) is 1. The van der Waals surface area contributed by atoms with E-state index in [1.807, 2.05) is 0 Å². The van der Waals surface area contributed by atoms with Crippen LogP contribution in [0.1, 0.15) is 0 Å². The van der Waals surface area contributed by atoms with E-state index in [4.69, 9.17) is 0 Å². The molecule has 4 heteroatoms. The third kappa shape index (κ3) is 2.58. The normalized spacial score (nSPS) is 30.1. The molecule has 0 aromatic rings. The van der Waals surface area contributed by atoms with Crippen LogP contribution in [-0.2, 0) is 4.79 Å². The molecule has 2 aliphatic heterocycles. The molecule has 0 radical (unpaired) electrons. The molecular weight excluding hydrogens is 190 g/mol. The van der Waals surface area contributed by atoms with Gasteiger partial charge in [0.15, 0.2) is 0 Å². The van der Waals surface area contributed by atoms with Crippen LogP contribution in [0.5, 0.6) is 0 Å². The minimum Gasteiger partial charge on any atom is -0.352 e. The standard InChI is InChI=1S/C11H19N3O/c1-2-3-13-11(15)8-14-6-9-4-12-5-10(9)7-14/h2,9-10,12H,1,3-8H2,(H,13,15). The minimum atomic E-state index is 0.114. The second-order valence-electron chi connectivity index (χ2n) is 4.47. The molecule has 0 spiro atoms. The summed E-state index contributed by atoms with van der Waals surface area (Å²) in [6, 6.07) is 0. The zero-order valence-electron chi connectivity index (χ0n) is 9.04. The lowest BCUT2D eigenvalue weighted by atomic mass is 10.0. The van der Waals surface area contributed by atoms with E-state index in [0.29, 0.717) is 13.1 Å². The van der Waals surface area contributed by atoms with Crippen molar-refractivity contribution in [3.8, 4) is 0 Å². The summed E-state index contributed by atoms with van der Waals surface area (Å²) in [5, 5.41) is 6.20. The molecule has 0 bridgehead atoms. The molecule has 1 amide bonds. The number of rotatable bonds is 4. The predicted molar refractivity (Wildman–Crippen MR) is 59.5 cm³/mol. The van der Waals surface area contributed by atoms with Gasteiger partial charge in [-0.25, -0.2) is 0 Å². The first-order chi connectivity index (χ1) is 7.29. The molecule has 0 aliphatic carbocycles. The molecule has 15 heavy (non-hydrogen) atoms. The van der Waals surface area contributed by atoms with Crippen molar-refractivity contribution in [3.05, 3.63) is 12.7 Å². The van der Waals surface area contributed by atoms with Crippen LogP contribution in [0.25, 0.3) is 0 Å².